The van der Waals surface area contributed by atoms with Gasteiger partial charge in [-0.2, -0.15) is 0 Å². The smallest absolute Gasteiger partial charge is 0.270 e. The van der Waals surface area contributed by atoms with Crippen LogP contribution in [-0.4, -0.2) is 54.9 Å². The number of rotatable bonds is 7. The molecule has 5 rings (SSSR count). The van der Waals surface area contributed by atoms with E-state index in [1.54, 1.807) is 42.5 Å². The molecule has 3 aromatic carbocycles. The van der Waals surface area contributed by atoms with Crippen LogP contribution in [0.25, 0.3) is 0 Å². The van der Waals surface area contributed by atoms with Crippen LogP contribution in [0.15, 0.2) is 60.7 Å². The Morgan fingerprint density at radius 2 is 1.38 bits per heavy atom. The van der Waals surface area contributed by atoms with Crippen LogP contribution in [0.2, 0.25) is 0 Å². The molecule has 1 saturated heterocycles. The van der Waals surface area contributed by atoms with Gasteiger partial charge in [-0.15, -0.1) is 0 Å². The third-order valence-electron chi connectivity index (χ3n) is 6.56. The van der Waals surface area contributed by atoms with Gasteiger partial charge in [0.1, 0.15) is 23.3 Å². The normalized spacial score (nSPS) is 18.4. The molecule has 188 valence electrons. The summed E-state index contributed by atoms with van der Waals surface area (Å²) in [6.45, 7) is 0. The highest BCUT2D eigenvalue weighted by molar-refractivity contribution is 6.25. The maximum Gasteiger partial charge on any atom is 0.270 e. The Labute approximate surface area is 210 Å². The highest BCUT2D eigenvalue weighted by Crippen LogP contribution is 2.47. The Morgan fingerprint density at radius 1 is 0.730 bits per heavy atom. The molecular weight excluding hydrogens is 482 g/mol. The van der Waals surface area contributed by atoms with Crippen LogP contribution in [0.3, 0.4) is 0 Å². The van der Waals surface area contributed by atoms with E-state index in [0.29, 0.717) is 28.5 Å². The third-order valence-corrected chi connectivity index (χ3v) is 6.56. The summed E-state index contributed by atoms with van der Waals surface area (Å²) >= 11 is 0. The summed E-state index contributed by atoms with van der Waals surface area (Å²) in [6.07, 6.45) is 0. The lowest BCUT2D eigenvalue weighted by atomic mass is 9.85. The van der Waals surface area contributed by atoms with E-state index in [2.05, 4.69) is 0 Å². The summed E-state index contributed by atoms with van der Waals surface area (Å²) in [5, 5.41) is 11.2. The molecule has 3 aromatic rings. The number of methoxy groups -OCH3 is 3. The van der Waals surface area contributed by atoms with E-state index in [1.807, 2.05) is 0 Å². The predicted octanol–water partition coefficient (Wildman–Crippen LogP) is 3.37. The van der Waals surface area contributed by atoms with Gasteiger partial charge in [-0.1, -0.05) is 0 Å². The lowest BCUT2D eigenvalue weighted by molar-refractivity contribution is -0.384. The van der Waals surface area contributed by atoms with Crippen LogP contribution in [0.5, 0.6) is 17.2 Å². The number of hydrogen-bond acceptors (Lipinski definition) is 8. The molecule has 0 aliphatic carbocycles. The molecule has 1 fully saturated rings. The second-order valence-electron chi connectivity index (χ2n) is 8.37. The van der Waals surface area contributed by atoms with Crippen molar-refractivity contribution < 1.29 is 33.5 Å². The predicted molar refractivity (Wildman–Crippen MR) is 130 cm³/mol. The Kier molecular flexibility index (Phi) is 5.75. The number of ether oxygens (including phenoxy) is 3. The molecule has 2 atom stereocenters. The standard InChI is InChI=1S/C26H21N3O8/c1-35-16-7-4-14(5-8-16)27-22(20-13-17(36-2)9-11-21(20)37-3)23(26(27)32)28-24(30)18-10-6-15(29(33)34)12-19(18)25(28)31/h4-13,22-23H,1-3H3/t22-,23-/m0/s1. The first-order chi connectivity index (χ1) is 17.8. The fraction of sp³-hybridized carbons (Fsp3) is 0.192. The van der Waals surface area contributed by atoms with Gasteiger partial charge in [0.15, 0.2) is 0 Å². The van der Waals surface area contributed by atoms with Crippen molar-refractivity contribution in [3.05, 3.63) is 87.5 Å². The lowest BCUT2D eigenvalue weighted by Gasteiger charge is -2.50. The summed E-state index contributed by atoms with van der Waals surface area (Å²) in [4.78, 5) is 53.3. The van der Waals surface area contributed by atoms with Crippen molar-refractivity contribution in [2.24, 2.45) is 0 Å². The van der Waals surface area contributed by atoms with E-state index >= 15 is 0 Å². The van der Waals surface area contributed by atoms with E-state index in [0.717, 1.165) is 17.0 Å². The molecule has 0 aromatic heterocycles. The number of nitrogens with zero attached hydrogens (tertiary/aromatic N) is 3. The van der Waals surface area contributed by atoms with Gasteiger partial charge in [-0.25, -0.2) is 0 Å². The van der Waals surface area contributed by atoms with Gasteiger partial charge in [0.25, 0.3) is 23.4 Å². The number of fused-ring (bicyclic) bond motifs is 1. The van der Waals surface area contributed by atoms with Crippen molar-refractivity contribution in [3.8, 4) is 17.2 Å². The fourth-order valence-corrected chi connectivity index (χ4v) is 4.75. The van der Waals surface area contributed by atoms with E-state index in [9.17, 15) is 24.5 Å². The van der Waals surface area contributed by atoms with Gasteiger partial charge in [-0.05, 0) is 48.5 Å². The summed E-state index contributed by atoms with van der Waals surface area (Å²) in [5.74, 6) is -0.469. The molecule has 2 aliphatic heterocycles. The number of carbonyl (C=O) groups is 3. The Balaban J connectivity index is 1.62. The minimum Gasteiger partial charge on any atom is -0.497 e. The maximum atomic E-state index is 13.6. The highest BCUT2D eigenvalue weighted by Gasteiger charge is 2.58. The van der Waals surface area contributed by atoms with Crippen molar-refractivity contribution in [3.63, 3.8) is 0 Å². The molecule has 0 radical (unpaired) electrons. The summed E-state index contributed by atoms with van der Waals surface area (Å²) < 4.78 is 16.1. The van der Waals surface area contributed by atoms with E-state index in [-0.39, 0.29) is 16.8 Å². The summed E-state index contributed by atoms with van der Waals surface area (Å²) in [5.41, 5.74) is 0.593. The average Bonchev–Trinajstić information content (AvgIpc) is 3.16. The molecule has 0 bridgehead atoms. The SMILES string of the molecule is COc1ccc(N2C(=O)[C@@H](N3C(=O)c4ccc([N+](=O)[O-])cc4C3=O)[C@@H]2c2cc(OC)ccc2OC)cc1. The molecule has 3 amide bonds. The van der Waals surface area contributed by atoms with Gasteiger partial charge in [0.05, 0.1) is 43.4 Å². The van der Waals surface area contributed by atoms with Crippen LogP contribution >= 0.6 is 0 Å². The van der Waals surface area contributed by atoms with Crippen molar-refractivity contribution in [2.75, 3.05) is 26.2 Å². The first-order valence-corrected chi connectivity index (χ1v) is 11.2. The molecule has 0 unspecified atom stereocenters. The van der Waals surface area contributed by atoms with E-state index in [1.165, 1.54) is 32.3 Å². The Morgan fingerprint density at radius 3 is 2.00 bits per heavy atom. The molecule has 2 aliphatic rings. The van der Waals surface area contributed by atoms with Crippen molar-refractivity contribution >= 4 is 29.1 Å². The van der Waals surface area contributed by atoms with Crippen molar-refractivity contribution in [2.45, 2.75) is 12.1 Å². The number of nitro groups is 1. The Hall–Kier alpha value is -4.93. The number of hydrogen-bond donors (Lipinski definition) is 0. The number of benzene rings is 3. The summed E-state index contributed by atoms with van der Waals surface area (Å²) in [6, 6.07) is 13.2. The van der Waals surface area contributed by atoms with Gasteiger partial charge in [-0.3, -0.25) is 29.4 Å². The molecule has 11 heteroatoms. The molecule has 0 saturated carbocycles. The van der Waals surface area contributed by atoms with E-state index in [4.69, 9.17) is 14.2 Å². The van der Waals surface area contributed by atoms with Gasteiger partial charge in [0.2, 0.25) is 0 Å². The monoisotopic (exact) mass is 503 g/mol. The number of nitro benzene ring substituents is 1. The quantitative estimate of drug-likeness (QED) is 0.208. The summed E-state index contributed by atoms with van der Waals surface area (Å²) in [7, 11) is 4.49. The first kappa shape index (κ1) is 23.8. The number of anilines is 1. The first-order valence-electron chi connectivity index (χ1n) is 11.2. The second kappa shape index (κ2) is 8.94. The van der Waals surface area contributed by atoms with Crippen LogP contribution in [0, 0.1) is 10.1 Å². The number of amides is 3. The Bertz CT molecular complexity index is 1450. The molecule has 0 N–H and O–H groups in total. The van der Waals surface area contributed by atoms with Gasteiger partial charge < -0.3 is 19.1 Å². The van der Waals surface area contributed by atoms with E-state index < -0.39 is 34.7 Å². The largest absolute Gasteiger partial charge is 0.497 e. The number of non-ortho nitro benzene ring substituents is 1. The van der Waals surface area contributed by atoms with Crippen LogP contribution in [0.4, 0.5) is 11.4 Å². The maximum absolute atomic E-state index is 13.6. The molecule has 11 nitrogen and oxygen atoms in total. The third kappa shape index (κ3) is 3.63. The van der Waals surface area contributed by atoms with Crippen LogP contribution in [0.1, 0.15) is 32.3 Å². The van der Waals surface area contributed by atoms with Crippen LogP contribution < -0.4 is 19.1 Å². The zero-order valence-corrected chi connectivity index (χ0v) is 20.0. The molecular formula is C26H21N3O8. The minimum atomic E-state index is -1.21. The van der Waals surface area contributed by atoms with Gasteiger partial charge in [0, 0.05) is 23.4 Å². The van der Waals surface area contributed by atoms with Crippen LogP contribution in [-0.2, 0) is 4.79 Å². The highest BCUT2D eigenvalue weighted by atomic mass is 16.6. The van der Waals surface area contributed by atoms with Crippen molar-refractivity contribution in [1.29, 1.82) is 0 Å². The lowest BCUT2D eigenvalue weighted by Crippen LogP contribution is -2.67. The second-order valence-corrected chi connectivity index (χ2v) is 8.37. The van der Waals surface area contributed by atoms with Gasteiger partial charge >= 0.3 is 0 Å². The zero-order valence-electron chi connectivity index (χ0n) is 20.0. The molecule has 0 spiro atoms. The molecule has 2 heterocycles. The number of carbonyl (C=O) groups excluding carboxylic acids is 3. The number of imide groups is 1. The zero-order chi connectivity index (χ0) is 26.4. The topological polar surface area (TPSA) is 129 Å². The fourth-order valence-electron chi connectivity index (χ4n) is 4.75. The minimum absolute atomic E-state index is 0.00246. The number of β-lactam (4-membered cyclic amide) rings is 1. The molecule has 37 heavy (non-hydrogen) atoms. The average molecular weight is 503 g/mol. The van der Waals surface area contributed by atoms with Crippen molar-refractivity contribution in [1.82, 2.24) is 4.90 Å².